The van der Waals surface area contributed by atoms with E-state index in [9.17, 15) is 0 Å². The summed E-state index contributed by atoms with van der Waals surface area (Å²) < 4.78 is 1.96. The van der Waals surface area contributed by atoms with Gasteiger partial charge in [0, 0.05) is 25.0 Å². The summed E-state index contributed by atoms with van der Waals surface area (Å²) in [6, 6.07) is 4.23. The van der Waals surface area contributed by atoms with Crippen molar-refractivity contribution in [3.63, 3.8) is 0 Å². The summed E-state index contributed by atoms with van der Waals surface area (Å²) in [5, 5.41) is 16.9. The van der Waals surface area contributed by atoms with Gasteiger partial charge < -0.3 is 15.2 Å². The molecule has 0 aliphatic carbocycles. The molecule has 2 heterocycles. The van der Waals surface area contributed by atoms with E-state index in [1.165, 1.54) is 4.88 Å². The predicted octanol–water partition coefficient (Wildman–Crippen LogP) is 1.48. The van der Waals surface area contributed by atoms with Gasteiger partial charge in [-0.1, -0.05) is 6.07 Å². The van der Waals surface area contributed by atoms with Gasteiger partial charge >= 0.3 is 0 Å². The van der Waals surface area contributed by atoms with Crippen molar-refractivity contribution in [2.45, 2.75) is 26.8 Å². The zero-order valence-corrected chi connectivity index (χ0v) is 13.6. The smallest absolute Gasteiger partial charge is 0.191 e. The van der Waals surface area contributed by atoms with Crippen LogP contribution in [0.5, 0.6) is 0 Å². The standard InChI is InChI=1S/C14H22N6S/c1-4-15-14(16-8-7-12-6-5-9-21-12)17-10-13-19-18-11(2)20(13)3/h5-6,9H,4,7-8,10H2,1-3H3,(H2,15,16,17). The lowest BCUT2D eigenvalue weighted by Gasteiger charge is -2.10. The Bertz CT molecular complexity index is 572. The minimum Gasteiger partial charge on any atom is -0.357 e. The highest BCUT2D eigenvalue weighted by Gasteiger charge is 2.04. The normalized spacial score (nSPS) is 11.7. The summed E-state index contributed by atoms with van der Waals surface area (Å²) in [5.74, 6) is 2.58. The van der Waals surface area contributed by atoms with Crippen molar-refractivity contribution in [2.24, 2.45) is 12.0 Å². The van der Waals surface area contributed by atoms with Gasteiger partial charge in [-0.2, -0.15) is 0 Å². The summed E-state index contributed by atoms with van der Waals surface area (Å²) in [7, 11) is 1.96. The second-order valence-corrected chi connectivity index (χ2v) is 5.71. The van der Waals surface area contributed by atoms with E-state index in [-0.39, 0.29) is 0 Å². The van der Waals surface area contributed by atoms with Crippen LogP contribution in [0.1, 0.15) is 23.4 Å². The van der Waals surface area contributed by atoms with Crippen molar-refractivity contribution in [1.29, 1.82) is 0 Å². The van der Waals surface area contributed by atoms with E-state index < -0.39 is 0 Å². The molecule has 114 valence electrons. The third-order valence-electron chi connectivity index (χ3n) is 3.15. The molecule has 0 fully saturated rings. The minimum absolute atomic E-state index is 0.520. The van der Waals surface area contributed by atoms with Gasteiger partial charge in [0.25, 0.3) is 0 Å². The number of aliphatic imine (C=N–C) groups is 1. The summed E-state index contributed by atoms with van der Waals surface area (Å²) in [6.07, 6.45) is 1.01. The molecule has 2 rings (SSSR count). The maximum absolute atomic E-state index is 4.55. The molecule has 2 aromatic rings. The molecule has 0 aromatic carbocycles. The van der Waals surface area contributed by atoms with Gasteiger partial charge in [-0.3, -0.25) is 0 Å². The van der Waals surface area contributed by atoms with Crippen LogP contribution in [0, 0.1) is 6.92 Å². The van der Waals surface area contributed by atoms with Gasteiger partial charge in [-0.05, 0) is 31.7 Å². The Morgan fingerprint density at radius 2 is 2.24 bits per heavy atom. The van der Waals surface area contributed by atoms with Crippen LogP contribution in [0.4, 0.5) is 0 Å². The van der Waals surface area contributed by atoms with Crippen LogP contribution in [0.25, 0.3) is 0 Å². The van der Waals surface area contributed by atoms with Crippen molar-refractivity contribution in [3.05, 3.63) is 34.0 Å². The summed E-state index contributed by atoms with van der Waals surface area (Å²) in [5.41, 5.74) is 0. The second-order valence-electron chi connectivity index (χ2n) is 4.67. The fourth-order valence-corrected chi connectivity index (χ4v) is 2.55. The Balaban J connectivity index is 1.88. The average molecular weight is 306 g/mol. The van der Waals surface area contributed by atoms with Gasteiger partial charge in [0.15, 0.2) is 11.8 Å². The Morgan fingerprint density at radius 1 is 1.38 bits per heavy atom. The molecule has 21 heavy (non-hydrogen) atoms. The molecule has 0 atom stereocenters. The van der Waals surface area contributed by atoms with Gasteiger partial charge in [0.05, 0.1) is 0 Å². The second kappa shape index (κ2) is 7.78. The van der Waals surface area contributed by atoms with Crippen molar-refractivity contribution in [1.82, 2.24) is 25.4 Å². The first-order valence-corrected chi connectivity index (χ1v) is 7.98. The van der Waals surface area contributed by atoms with E-state index in [0.717, 1.165) is 37.1 Å². The Kier molecular flexibility index (Phi) is 5.74. The van der Waals surface area contributed by atoms with Gasteiger partial charge in [-0.15, -0.1) is 21.5 Å². The highest BCUT2D eigenvalue weighted by atomic mass is 32.1. The summed E-state index contributed by atoms with van der Waals surface area (Å²) >= 11 is 1.78. The summed E-state index contributed by atoms with van der Waals surface area (Å²) in [4.78, 5) is 5.93. The molecule has 0 amide bonds. The first-order chi connectivity index (χ1) is 10.2. The van der Waals surface area contributed by atoms with Crippen molar-refractivity contribution in [3.8, 4) is 0 Å². The predicted molar refractivity (Wildman–Crippen MR) is 86.6 cm³/mol. The topological polar surface area (TPSA) is 67.1 Å². The van der Waals surface area contributed by atoms with Crippen LogP contribution in [0.15, 0.2) is 22.5 Å². The van der Waals surface area contributed by atoms with Crippen LogP contribution < -0.4 is 10.6 Å². The maximum atomic E-state index is 4.55. The molecule has 0 saturated carbocycles. The molecule has 0 aliphatic rings. The average Bonchev–Trinajstić information content (AvgIpc) is 3.09. The van der Waals surface area contributed by atoms with Crippen LogP contribution in [-0.2, 0) is 20.0 Å². The lowest BCUT2D eigenvalue weighted by Crippen LogP contribution is -2.38. The van der Waals surface area contributed by atoms with Crippen molar-refractivity contribution < 1.29 is 0 Å². The van der Waals surface area contributed by atoms with Gasteiger partial charge in [-0.25, -0.2) is 4.99 Å². The van der Waals surface area contributed by atoms with E-state index in [2.05, 4.69) is 50.3 Å². The first-order valence-electron chi connectivity index (χ1n) is 7.10. The van der Waals surface area contributed by atoms with Gasteiger partial charge in [0.2, 0.25) is 0 Å². The molecule has 2 N–H and O–H groups in total. The number of hydrogen-bond acceptors (Lipinski definition) is 4. The van der Waals surface area contributed by atoms with E-state index in [1.54, 1.807) is 11.3 Å². The Labute approximate surface area is 129 Å². The van der Waals surface area contributed by atoms with E-state index in [4.69, 9.17) is 0 Å². The van der Waals surface area contributed by atoms with Crippen LogP contribution in [-0.4, -0.2) is 33.8 Å². The molecule has 7 heteroatoms. The molecule has 0 aliphatic heterocycles. The highest BCUT2D eigenvalue weighted by Crippen LogP contribution is 2.08. The van der Waals surface area contributed by atoms with E-state index in [1.807, 2.05) is 18.5 Å². The number of guanidine groups is 1. The zero-order valence-electron chi connectivity index (χ0n) is 12.8. The van der Waals surface area contributed by atoms with Gasteiger partial charge in [0.1, 0.15) is 12.4 Å². The number of rotatable bonds is 6. The van der Waals surface area contributed by atoms with Crippen molar-refractivity contribution >= 4 is 17.3 Å². The molecule has 0 unspecified atom stereocenters. The largest absolute Gasteiger partial charge is 0.357 e. The molecule has 0 radical (unpaired) electrons. The molecule has 0 saturated heterocycles. The molecular formula is C14H22N6S. The number of hydrogen-bond donors (Lipinski definition) is 2. The van der Waals surface area contributed by atoms with E-state index in [0.29, 0.717) is 6.54 Å². The molecular weight excluding hydrogens is 284 g/mol. The quantitative estimate of drug-likeness (QED) is 0.627. The lowest BCUT2D eigenvalue weighted by atomic mass is 10.3. The minimum atomic E-state index is 0.520. The fourth-order valence-electron chi connectivity index (χ4n) is 1.84. The molecule has 2 aromatic heterocycles. The van der Waals surface area contributed by atoms with Crippen molar-refractivity contribution in [2.75, 3.05) is 13.1 Å². The Morgan fingerprint density at radius 3 is 2.86 bits per heavy atom. The maximum Gasteiger partial charge on any atom is 0.191 e. The molecule has 0 spiro atoms. The number of nitrogens with one attached hydrogen (secondary N) is 2. The van der Waals surface area contributed by atoms with Crippen LogP contribution in [0.3, 0.4) is 0 Å². The lowest BCUT2D eigenvalue weighted by molar-refractivity contribution is 0.754. The first kappa shape index (κ1) is 15.5. The number of thiophene rings is 1. The summed E-state index contributed by atoms with van der Waals surface area (Å²) in [6.45, 7) is 6.21. The monoisotopic (exact) mass is 306 g/mol. The number of nitrogens with zero attached hydrogens (tertiary/aromatic N) is 4. The van der Waals surface area contributed by atoms with Crippen LogP contribution >= 0.6 is 11.3 Å². The third-order valence-corrected chi connectivity index (χ3v) is 4.09. The fraction of sp³-hybridized carbons (Fsp3) is 0.500. The number of aromatic nitrogens is 3. The Hall–Kier alpha value is -1.89. The third kappa shape index (κ3) is 4.56. The highest BCUT2D eigenvalue weighted by molar-refractivity contribution is 7.09. The van der Waals surface area contributed by atoms with E-state index >= 15 is 0 Å². The molecule has 0 bridgehead atoms. The number of aryl methyl sites for hydroxylation is 1. The SMILES string of the molecule is CCNC(=NCc1nnc(C)n1C)NCCc1cccs1. The molecule has 6 nitrogen and oxygen atoms in total. The zero-order chi connectivity index (χ0) is 15.1. The van der Waals surface area contributed by atoms with Crippen LogP contribution in [0.2, 0.25) is 0 Å².